The van der Waals surface area contributed by atoms with Crippen molar-refractivity contribution in [2.75, 3.05) is 6.61 Å². The van der Waals surface area contributed by atoms with Crippen molar-refractivity contribution in [2.24, 2.45) is 0 Å². The van der Waals surface area contributed by atoms with Crippen molar-refractivity contribution in [1.29, 1.82) is 0 Å². The molecule has 200 valence electrons. The number of unbranched alkanes of at least 4 members (excludes halogenated alkanes) is 11. The van der Waals surface area contributed by atoms with Crippen molar-refractivity contribution in [3.05, 3.63) is 46.5 Å². The van der Waals surface area contributed by atoms with Gasteiger partial charge in [-0.05, 0) is 56.2 Å². The minimum atomic E-state index is -4.34. The monoisotopic (exact) mass is 574 g/mol. The molecule has 0 radical (unpaired) electrons. The highest BCUT2D eigenvalue weighted by atomic mass is 79.9. The van der Waals surface area contributed by atoms with Gasteiger partial charge >= 0.3 is 8.17 Å². The Balaban J connectivity index is 2.15. The van der Waals surface area contributed by atoms with Gasteiger partial charge in [0.25, 0.3) is 0 Å². The van der Waals surface area contributed by atoms with E-state index in [4.69, 9.17) is 19.2 Å². The second-order valence-electron chi connectivity index (χ2n) is 9.24. The van der Waals surface area contributed by atoms with Gasteiger partial charge in [-0.2, -0.15) is 19.2 Å². The number of amides is 1. The number of allylic oxidation sites excluding steroid dienone is 2. The molecule has 6 nitrogen and oxygen atoms in total. The largest absolute Gasteiger partial charge is 0.567 e. The van der Waals surface area contributed by atoms with Crippen molar-refractivity contribution in [3.63, 3.8) is 0 Å². The maximum Gasteiger partial charge on any atom is 0.567 e. The second kappa shape index (κ2) is 20.3. The first-order valence-corrected chi connectivity index (χ1v) is 15.6. The maximum atomic E-state index is 12.4. The van der Waals surface area contributed by atoms with Crippen LogP contribution in [0.3, 0.4) is 0 Å². The summed E-state index contributed by atoms with van der Waals surface area (Å²) in [4.78, 5) is 39.8. The van der Waals surface area contributed by atoms with Crippen molar-refractivity contribution in [3.8, 4) is 0 Å². The summed E-state index contributed by atoms with van der Waals surface area (Å²) in [6.07, 6.45) is 21.3. The minimum Gasteiger partial charge on any atom is -0.351 e. The molecule has 0 aliphatic rings. The zero-order chi connectivity index (χ0) is 25.8. The molecule has 0 aliphatic heterocycles. The van der Waals surface area contributed by atoms with Gasteiger partial charge in [0.1, 0.15) is 6.61 Å². The van der Waals surface area contributed by atoms with Crippen LogP contribution >= 0.6 is 24.1 Å². The molecule has 1 rings (SSSR count). The van der Waals surface area contributed by atoms with E-state index in [1.54, 1.807) is 0 Å². The Morgan fingerprint density at radius 1 is 0.914 bits per heavy atom. The van der Waals surface area contributed by atoms with Crippen LogP contribution in [0.15, 0.2) is 40.9 Å². The third-order valence-corrected chi connectivity index (χ3v) is 6.90. The molecule has 1 aromatic carbocycles. The Bertz CT molecular complexity index is 694. The van der Waals surface area contributed by atoms with E-state index in [9.17, 15) is 4.79 Å². The topological polar surface area (TPSA) is 99.0 Å². The summed E-state index contributed by atoms with van der Waals surface area (Å²) in [5.74, 6) is -0.0916. The molecule has 0 aromatic heterocycles. The van der Waals surface area contributed by atoms with Crippen LogP contribution < -0.4 is 5.32 Å². The van der Waals surface area contributed by atoms with Crippen LogP contribution in [-0.4, -0.2) is 33.2 Å². The van der Waals surface area contributed by atoms with Gasteiger partial charge in [-0.3, -0.25) is 4.79 Å². The SMILES string of the molecule is CCCCCCCC/C=C\CCCCCCCC(=O)N[C@@H](CO[P+](O)(O)O)Cc1ccc(Br)cc1. The van der Waals surface area contributed by atoms with E-state index in [1.165, 1.54) is 57.8 Å². The fourth-order valence-corrected chi connectivity index (χ4v) is 4.55. The Hall–Kier alpha value is -0.820. The molecule has 1 amide bonds. The lowest BCUT2D eigenvalue weighted by Gasteiger charge is -2.18. The quantitative estimate of drug-likeness (QED) is 0.0707. The summed E-state index contributed by atoms with van der Waals surface area (Å²) >= 11 is 3.39. The van der Waals surface area contributed by atoms with Gasteiger partial charge in [-0.1, -0.05) is 98.5 Å². The molecule has 0 aliphatic carbocycles. The van der Waals surface area contributed by atoms with Gasteiger partial charge in [0.05, 0.1) is 6.04 Å². The van der Waals surface area contributed by atoms with Gasteiger partial charge in [0.2, 0.25) is 5.91 Å². The molecule has 1 atom stereocenters. The highest BCUT2D eigenvalue weighted by Gasteiger charge is 2.34. The van der Waals surface area contributed by atoms with E-state index in [0.717, 1.165) is 35.7 Å². The molecule has 35 heavy (non-hydrogen) atoms. The van der Waals surface area contributed by atoms with Crippen LogP contribution in [0.5, 0.6) is 0 Å². The number of halogens is 1. The van der Waals surface area contributed by atoms with Crippen molar-refractivity contribution < 1.29 is 24.0 Å². The predicted octanol–water partition coefficient (Wildman–Crippen LogP) is 7.19. The number of nitrogens with one attached hydrogen (secondary N) is 1. The van der Waals surface area contributed by atoms with E-state index in [1.807, 2.05) is 24.3 Å². The fraction of sp³-hybridized carbons (Fsp3) is 0.667. The summed E-state index contributed by atoms with van der Waals surface area (Å²) in [6, 6.07) is 7.19. The number of carbonyl (C=O) groups excluding carboxylic acids is 1. The molecule has 0 saturated heterocycles. The third-order valence-electron chi connectivity index (χ3n) is 5.88. The molecular weight excluding hydrogens is 529 g/mol. The van der Waals surface area contributed by atoms with Crippen LogP contribution in [0, 0.1) is 0 Å². The van der Waals surface area contributed by atoms with E-state index < -0.39 is 14.2 Å². The molecule has 1 aromatic rings. The normalized spacial score (nSPS) is 12.8. The Morgan fingerprint density at radius 3 is 2.03 bits per heavy atom. The highest BCUT2D eigenvalue weighted by molar-refractivity contribution is 9.10. The zero-order valence-corrected chi connectivity index (χ0v) is 23.8. The summed E-state index contributed by atoms with van der Waals surface area (Å²) in [5.41, 5.74) is 0.973. The molecule has 4 N–H and O–H groups in total. The zero-order valence-electron chi connectivity index (χ0n) is 21.3. The van der Waals surface area contributed by atoms with Gasteiger partial charge in [-0.15, -0.1) is 0 Å². The molecule has 0 spiro atoms. The molecule has 0 fully saturated rings. The minimum absolute atomic E-state index is 0.0916. The fourth-order valence-electron chi connectivity index (χ4n) is 3.90. The van der Waals surface area contributed by atoms with Gasteiger partial charge in [0, 0.05) is 10.9 Å². The first-order chi connectivity index (χ1) is 16.8. The van der Waals surface area contributed by atoms with Crippen molar-refractivity contribution in [2.45, 2.75) is 109 Å². The number of rotatable bonds is 21. The Labute approximate surface area is 221 Å². The van der Waals surface area contributed by atoms with E-state index in [2.05, 4.69) is 40.3 Å². The molecular formula is C27H46BrNO5P+. The molecule has 0 bridgehead atoms. The number of hydrogen-bond donors (Lipinski definition) is 4. The lowest BCUT2D eigenvalue weighted by molar-refractivity contribution is -0.122. The number of benzene rings is 1. The van der Waals surface area contributed by atoms with Crippen LogP contribution in [0.1, 0.15) is 102 Å². The average molecular weight is 576 g/mol. The molecule has 0 saturated carbocycles. The Kier molecular flexibility index (Phi) is 18.6. The first kappa shape index (κ1) is 32.2. The standard InChI is InChI=1S/C27H45BrNO5P/c1-2-3-4-5-6-7-8-9-10-11-12-13-14-15-16-17-27(30)29-26(23-34-35(31,32)33)22-24-18-20-25(28)21-19-24/h9-10,18-21,26,31-33H,2-8,11-17,22-23H2,1H3/p+1/b10-9-/t26-/m1/s1. The number of hydrogen-bond acceptors (Lipinski definition) is 5. The van der Waals surface area contributed by atoms with Gasteiger partial charge in [0.15, 0.2) is 0 Å². The van der Waals surface area contributed by atoms with Gasteiger partial charge < -0.3 is 5.32 Å². The molecule has 0 heterocycles. The average Bonchev–Trinajstić information content (AvgIpc) is 2.81. The van der Waals surface area contributed by atoms with E-state index in [-0.39, 0.29) is 12.5 Å². The van der Waals surface area contributed by atoms with Gasteiger partial charge in [-0.25, -0.2) is 0 Å². The highest BCUT2D eigenvalue weighted by Crippen LogP contribution is 2.45. The molecule has 0 unspecified atom stereocenters. The summed E-state index contributed by atoms with van der Waals surface area (Å²) < 4.78 is 5.72. The second-order valence-corrected chi connectivity index (χ2v) is 11.4. The van der Waals surface area contributed by atoms with E-state index in [0.29, 0.717) is 12.8 Å². The third kappa shape index (κ3) is 20.0. The van der Waals surface area contributed by atoms with Crippen molar-refractivity contribution >= 4 is 30.0 Å². The maximum absolute atomic E-state index is 12.4. The smallest absolute Gasteiger partial charge is 0.351 e. The number of carbonyl (C=O) groups is 1. The molecule has 8 heteroatoms. The van der Waals surface area contributed by atoms with Crippen LogP contribution in [0.4, 0.5) is 0 Å². The van der Waals surface area contributed by atoms with Crippen molar-refractivity contribution in [1.82, 2.24) is 5.32 Å². The summed E-state index contributed by atoms with van der Waals surface area (Å²) in [5, 5.41) is 2.90. The van der Waals surface area contributed by atoms with Crippen LogP contribution in [-0.2, 0) is 15.7 Å². The first-order valence-electron chi connectivity index (χ1n) is 13.2. The summed E-state index contributed by atoms with van der Waals surface area (Å²) in [7, 11) is -4.34. The van der Waals surface area contributed by atoms with Crippen LogP contribution in [0.25, 0.3) is 0 Å². The Morgan fingerprint density at radius 2 is 1.46 bits per heavy atom. The predicted molar refractivity (Wildman–Crippen MR) is 149 cm³/mol. The van der Waals surface area contributed by atoms with Crippen LogP contribution in [0.2, 0.25) is 0 Å². The summed E-state index contributed by atoms with van der Waals surface area (Å²) in [6.45, 7) is 2.08. The lowest BCUT2D eigenvalue weighted by Crippen LogP contribution is -2.39. The van der Waals surface area contributed by atoms with E-state index >= 15 is 0 Å². The lowest BCUT2D eigenvalue weighted by atomic mass is 10.1.